The molecule has 1 rings (SSSR count). The van der Waals surface area contributed by atoms with E-state index in [-0.39, 0.29) is 11.9 Å². The lowest BCUT2D eigenvalue weighted by Crippen LogP contribution is -2.46. The predicted molar refractivity (Wildman–Crippen MR) is 73.5 cm³/mol. The summed E-state index contributed by atoms with van der Waals surface area (Å²) in [6, 6.07) is 0.249. The Morgan fingerprint density at radius 1 is 1.44 bits per heavy atom. The molecular formula is C14H26N2O2. The standard InChI is InChI=1S/C14H26N2O2/c1-3-4-10-18-11-9-15-12(2)14(17)16-13-7-5-6-8-13/h3,12-13,15H,1,4-11H2,2H3,(H,16,17). The number of hydrogen-bond donors (Lipinski definition) is 2. The predicted octanol–water partition coefficient (Wildman–Crippen LogP) is 1.62. The summed E-state index contributed by atoms with van der Waals surface area (Å²) in [6.45, 7) is 7.57. The molecule has 0 saturated heterocycles. The van der Waals surface area contributed by atoms with Crippen molar-refractivity contribution in [3.05, 3.63) is 12.7 Å². The van der Waals surface area contributed by atoms with Crippen LogP contribution in [0.1, 0.15) is 39.0 Å². The largest absolute Gasteiger partial charge is 0.380 e. The van der Waals surface area contributed by atoms with Gasteiger partial charge in [0.05, 0.1) is 19.3 Å². The van der Waals surface area contributed by atoms with Crippen molar-refractivity contribution in [2.24, 2.45) is 0 Å². The fourth-order valence-electron chi connectivity index (χ4n) is 2.11. The molecule has 104 valence electrons. The van der Waals surface area contributed by atoms with E-state index in [0.29, 0.717) is 25.8 Å². The van der Waals surface area contributed by atoms with Gasteiger partial charge in [0.25, 0.3) is 0 Å². The van der Waals surface area contributed by atoms with Crippen molar-refractivity contribution in [3.8, 4) is 0 Å². The van der Waals surface area contributed by atoms with E-state index in [1.165, 1.54) is 12.8 Å². The van der Waals surface area contributed by atoms with Gasteiger partial charge in [0.15, 0.2) is 0 Å². The minimum absolute atomic E-state index is 0.105. The van der Waals surface area contributed by atoms with Gasteiger partial charge >= 0.3 is 0 Å². The first kappa shape index (κ1) is 15.2. The molecule has 4 nitrogen and oxygen atoms in total. The van der Waals surface area contributed by atoms with Crippen LogP contribution in [0.3, 0.4) is 0 Å². The Bertz CT molecular complexity index is 250. The third-order valence-corrected chi connectivity index (χ3v) is 3.26. The minimum Gasteiger partial charge on any atom is -0.380 e. The summed E-state index contributed by atoms with van der Waals surface area (Å²) in [6.07, 6.45) is 7.45. The maximum absolute atomic E-state index is 11.8. The molecule has 0 spiro atoms. The molecule has 0 aromatic rings. The SMILES string of the molecule is C=CCCOCCNC(C)C(=O)NC1CCCC1. The van der Waals surface area contributed by atoms with Crippen molar-refractivity contribution in [1.82, 2.24) is 10.6 Å². The molecule has 1 saturated carbocycles. The molecule has 0 bridgehead atoms. The van der Waals surface area contributed by atoms with Crippen LogP contribution in [0.4, 0.5) is 0 Å². The summed E-state index contributed by atoms with van der Waals surface area (Å²) in [5.74, 6) is 0.105. The molecule has 18 heavy (non-hydrogen) atoms. The second-order valence-corrected chi connectivity index (χ2v) is 4.86. The fourth-order valence-corrected chi connectivity index (χ4v) is 2.11. The Balaban J connectivity index is 2.02. The molecule has 2 N–H and O–H groups in total. The molecular weight excluding hydrogens is 228 g/mol. The topological polar surface area (TPSA) is 50.4 Å². The van der Waals surface area contributed by atoms with Gasteiger partial charge in [0.1, 0.15) is 0 Å². The van der Waals surface area contributed by atoms with Crippen molar-refractivity contribution in [2.75, 3.05) is 19.8 Å². The lowest BCUT2D eigenvalue weighted by atomic mass is 10.2. The summed E-state index contributed by atoms with van der Waals surface area (Å²) in [4.78, 5) is 11.8. The van der Waals surface area contributed by atoms with Crippen LogP contribution in [0.25, 0.3) is 0 Å². The second-order valence-electron chi connectivity index (χ2n) is 4.86. The van der Waals surface area contributed by atoms with Crippen LogP contribution in [-0.4, -0.2) is 37.7 Å². The second kappa shape index (κ2) is 9.11. The van der Waals surface area contributed by atoms with Crippen LogP contribution < -0.4 is 10.6 Å². The van der Waals surface area contributed by atoms with Gasteiger partial charge in [-0.3, -0.25) is 4.79 Å². The maximum atomic E-state index is 11.8. The monoisotopic (exact) mass is 254 g/mol. The van der Waals surface area contributed by atoms with Crippen molar-refractivity contribution in [2.45, 2.75) is 51.1 Å². The Morgan fingerprint density at radius 2 is 2.17 bits per heavy atom. The van der Waals surface area contributed by atoms with Crippen molar-refractivity contribution < 1.29 is 9.53 Å². The van der Waals surface area contributed by atoms with Gasteiger partial charge in [0.2, 0.25) is 5.91 Å². The molecule has 0 radical (unpaired) electrons. The van der Waals surface area contributed by atoms with Crippen molar-refractivity contribution in [1.29, 1.82) is 0 Å². The molecule has 1 fully saturated rings. The summed E-state index contributed by atoms with van der Waals surface area (Å²) >= 11 is 0. The summed E-state index contributed by atoms with van der Waals surface area (Å²) in [5.41, 5.74) is 0. The molecule has 4 heteroatoms. The zero-order valence-corrected chi connectivity index (χ0v) is 11.4. The Morgan fingerprint density at radius 3 is 2.83 bits per heavy atom. The quantitative estimate of drug-likeness (QED) is 0.485. The molecule has 1 unspecified atom stereocenters. The van der Waals surface area contributed by atoms with E-state index in [9.17, 15) is 4.79 Å². The van der Waals surface area contributed by atoms with Gasteiger partial charge in [-0.15, -0.1) is 6.58 Å². The number of carbonyl (C=O) groups is 1. The number of rotatable bonds is 9. The highest BCUT2D eigenvalue weighted by atomic mass is 16.5. The van der Waals surface area contributed by atoms with Crippen LogP contribution in [0.15, 0.2) is 12.7 Å². The van der Waals surface area contributed by atoms with E-state index < -0.39 is 0 Å². The fraction of sp³-hybridized carbons (Fsp3) is 0.786. The molecule has 0 heterocycles. The van der Waals surface area contributed by atoms with Crippen LogP contribution in [0.5, 0.6) is 0 Å². The molecule has 1 atom stereocenters. The highest BCUT2D eigenvalue weighted by Crippen LogP contribution is 2.17. The maximum Gasteiger partial charge on any atom is 0.237 e. The number of carbonyl (C=O) groups excluding carboxylic acids is 1. The summed E-state index contributed by atoms with van der Waals surface area (Å²) < 4.78 is 5.37. The third-order valence-electron chi connectivity index (χ3n) is 3.26. The number of hydrogen-bond acceptors (Lipinski definition) is 3. The first-order valence-corrected chi connectivity index (χ1v) is 6.96. The lowest BCUT2D eigenvalue weighted by molar-refractivity contribution is -0.123. The molecule has 1 amide bonds. The first-order chi connectivity index (χ1) is 8.74. The highest BCUT2D eigenvalue weighted by molar-refractivity contribution is 5.81. The molecule has 0 aromatic carbocycles. The van der Waals surface area contributed by atoms with Crippen LogP contribution in [-0.2, 0) is 9.53 Å². The molecule has 1 aliphatic rings. The van der Waals surface area contributed by atoms with Crippen LogP contribution in [0.2, 0.25) is 0 Å². The molecule has 0 aliphatic heterocycles. The zero-order chi connectivity index (χ0) is 13.2. The van der Waals surface area contributed by atoms with E-state index in [1.807, 2.05) is 13.0 Å². The van der Waals surface area contributed by atoms with Gasteiger partial charge in [-0.05, 0) is 26.2 Å². The van der Waals surface area contributed by atoms with Gasteiger partial charge in [0, 0.05) is 12.6 Å². The average Bonchev–Trinajstić information content (AvgIpc) is 2.86. The Hall–Kier alpha value is -0.870. The highest BCUT2D eigenvalue weighted by Gasteiger charge is 2.19. The zero-order valence-electron chi connectivity index (χ0n) is 11.4. The van der Waals surface area contributed by atoms with E-state index in [4.69, 9.17) is 4.74 Å². The van der Waals surface area contributed by atoms with Gasteiger partial charge in [-0.2, -0.15) is 0 Å². The van der Waals surface area contributed by atoms with Crippen LogP contribution in [0, 0.1) is 0 Å². The minimum atomic E-state index is -0.145. The van der Waals surface area contributed by atoms with E-state index in [1.54, 1.807) is 0 Å². The third kappa shape index (κ3) is 6.17. The van der Waals surface area contributed by atoms with E-state index in [0.717, 1.165) is 19.3 Å². The number of amides is 1. The average molecular weight is 254 g/mol. The smallest absolute Gasteiger partial charge is 0.237 e. The van der Waals surface area contributed by atoms with Gasteiger partial charge in [-0.25, -0.2) is 0 Å². The number of nitrogens with one attached hydrogen (secondary N) is 2. The Kier molecular flexibility index (Phi) is 7.69. The van der Waals surface area contributed by atoms with E-state index >= 15 is 0 Å². The van der Waals surface area contributed by atoms with Crippen LogP contribution >= 0.6 is 0 Å². The summed E-state index contributed by atoms with van der Waals surface area (Å²) in [5, 5.41) is 6.25. The van der Waals surface area contributed by atoms with E-state index in [2.05, 4.69) is 17.2 Å². The molecule has 1 aliphatic carbocycles. The summed E-state index contributed by atoms with van der Waals surface area (Å²) in [7, 11) is 0. The van der Waals surface area contributed by atoms with Crippen molar-refractivity contribution >= 4 is 5.91 Å². The lowest BCUT2D eigenvalue weighted by Gasteiger charge is -2.17. The first-order valence-electron chi connectivity index (χ1n) is 6.96. The van der Waals surface area contributed by atoms with Gasteiger partial charge in [-0.1, -0.05) is 18.9 Å². The van der Waals surface area contributed by atoms with Gasteiger partial charge < -0.3 is 15.4 Å². The Labute approximate surface area is 110 Å². The molecule has 0 aromatic heterocycles. The number of ether oxygens (including phenoxy) is 1. The van der Waals surface area contributed by atoms with Crippen molar-refractivity contribution in [3.63, 3.8) is 0 Å². The normalized spacial score (nSPS) is 17.6.